The lowest BCUT2D eigenvalue weighted by Gasteiger charge is -2.23. The Morgan fingerprint density at radius 3 is 2.48 bits per heavy atom. The van der Waals surface area contributed by atoms with Gasteiger partial charge in [-0.1, -0.05) is 12.1 Å². The van der Waals surface area contributed by atoms with E-state index in [0.717, 1.165) is 12.5 Å². The number of methoxy groups -OCH3 is 1. The van der Waals surface area contributed by atoms with E-state index in [1.165, 1.54) is 6.07 Å². The maximum Gasteiger partial charge on any atom is 0.272 e. The highest BCUT2D eigenvalue weighted by Gasteiger charge is 2.39. The van der Waals surface area contributed by atoms with Crippen molar-refractivity contribution in [2.45, 2.75) is 25.5 Å². The van der Waals surface area contributed by atoms with Gasteiger partial charge in [-0.15, -0.1) is 10.2 Å². The molecule has 1 atom stereocenters. The van der Waals surface area contributed by atoms with E-state index >= 15 is 0 Å². The van der Waals surface area contributed by atoms with Gasteiger partial charge in [0.25, 0.3) is 6.43 Å². The number of anilines is 1. The molecule has 2 aromatic rings. The van der Waals surface area contributed by atoms with Crippen LogP contribution < -0.4 is 14.8 Å². The fourth-order valence-electron chi connectivity index (χ4n) is 2.02. The summed E-state index contributed by atoms with van der Waals surface area (Å²) in [6, 6.07) is 8.43. The van der Waals surface area contributed by atoms with Crippen molar-refractivity contribution in [1.29, 1.82) is 0 Å². The predicted molar refractivity (Wildman–Crippen MR) is 84.5 cm³/mol. The monoisotopic (exact) mass is 357 g/mol. The fourth-order valence-corrected chi connectivity index (χ4v) is 2.02. The minimum atomic E-state index is -3.14. The summed E-state index contributed by atoms with van der Waals surface area (Å²) in [4.78, 5) is 0. The van der Waals surface area contributed by atoms with Gasteiger partial charge in [-0.25, -0.2) is 13.2 Å². The number of nitrogens with zero attached hydrogens (tertiary/aromatic N) is 2. The number of aliphatic hydroxyl groups is 1. The molecule has 25 heavy (non-hydrogen) atoms. The second kappa shape index (κ2) is 8.02. The van der Waals surface area contributed by atoms with Gasteiger partial charge in [-0.3, -0.25) is 0 Å². The first kappa shape index (κ1) is 18.8. The lowest BCUT2D eigenvalue weighted by Crippen LogP contribution is -2.32. The predicted octanol–water partition coefficient (Wildman–Crippen LogP) is 2.88. The van der Waals surface area contributed by atoms with Gasteiger partial charge >= 0.3 is 0 Å². The molecule has 1 heterocycles. The molecule has 0 aliphatic heterocycles. The standard InChI is InChI=1S/C16H18F3N3O3/c1-16(23,15(18)19)14-12(25-9-17)7-13(21-22-14)20-8-10-3-5-11(24-2)6-4-10/h3-7,15,23H,8-9H2,1-2H3,(H,20,21). The Morgan fingerprint density at radius 1 is 1.24 bits per heavy atom. The highest BCUT2D eigenvalue weighted by atomic mass is 19.3. The number of aromatic nitrogens is 2. The number of nitrogens with one attached hydrogen (secondary N) is 1. The van der Waals surface area contributed by atoms with E-state index in [4.69, 9.17) is 4.74 Å². The highest BCUT2D eigenvalue weighted by Crippen LogP contribution is 2.33. The Labute approximate surface area is 142 Å². The number of benzene rings is 1. The Hall–Kier alpha value is -2.55. The number of ether oxygens (including phenoxy) is 2. The molecule has 0 saturated carbocycles. The van der Waals surface area contributed by atoms with Crippen molar-refractivity contribution in [2.24, 2.45) is 0 Å². The molecule has 136 valence electrons. The zero-order valence-corrected chi connectivity index (χ0v) is 13.7. The molecule has 9 heteroatoms. The number of halogens is 3. The molecule has 2 N–H and O–H groups in total. The van der Waals surface area contributed by atoms with Crippen LogP contribution in [0.3, 0.4) is 0 Å². The Bertz CT molecular complexity index is 697. The number of alkyl halides is 3. The number of rotatable bonds is 8. The average Bonchev–Trinajstić information content (AvgIpc) is 2.60. The van der Waals surface area contributed by atoms with Gasteiger partial charge in [-0.05, 0) is 24.6 Å². The summed E-state index contributed by atoms with van der Waals surface area (Å²) in [6.07, 6.45) is -3.14. The minimum Gasteiger partial charge on any atom is -0.497 e. The molecule has 6 nitrogen and oxygen atoms in total. The molecular formula is C16H18F3N3O3. The normalized spacial score (nSPS) is 13.4. The van der Waals surface area contributed by atoms with Crippen molar-refractivity contribution in [2.75, 3.05) is 19.3 Å². The fraction of sp³-hybridized carbons (Fsp3) is 0.375. The van der Waals surface area contributed by atoms with Gasteiger partial charge in [0, 0.05) is 12.6 Å². The highest BCUT2D eigenvalue weighted by molar-refractivity contribution is 5.44. The van der Waals surface area contributed by atoms with Crippen LogP contribution in [0.15, 0.2) is 30.3 Å². The van der Waals surface area contributed by atoms with Crippen molar-refractivity contribution >= 4 is 5.82 Å². The van der Waals surface area contributed by atoms with Crippen LogP contribution in [-0.4, -0.2) is 35.7 Å². The van der Waals surface area contributed by atoms with Crippen LogP contribution in [0.2, 0.25) is 0 Å². The molecule has 1 aromatic heterocycles. The maximum atomic E-state index is 13.0. The smallest absolute Gasteiger partial charge is 0.272 e. The van der Waals surface area contributed by atoms with Crippen LogP contribution in [0, 0.1) is 0 Å². The molecule has 0 fully saturated rings. The topological polar surface area (TPSA) is 76.5 Å². The molecule has 1 aromatic carbocycles. The molecule has 0 radical (unpaired) electrons. The van der Waals surface area contributed by atoms with Gasteiger partial charge in [0.2, 0.25) is 6.86 Å². The second-order valence-electron chi connectivity index (χ2n) is 5.35. The lowest BCUT2D eigenvalue weighted by atomic mass is 10.0. The van der Waals surface area contributed by atoms with Gasteiger partial charge < -0.3 is 19.9 Å². The van der Waals surface area contributed by atoms with Crippen molar-refractivity contribution in [3.63, 3.8) is 0 Å². The van der Waals surface area contributed by atoms with Crippen LogP contribution in [0.1, 0.15) is 18.2 Å². The average molecular weight is 357 g/mol. The molecular weight excluding hydrogens is 339 g/mol. The van der Waals surface area contributed by atoms with Gasteiger partial charge in [-0.2, -0.15) is 0 Å². The number of hydrogen-bond donors (Lipinski definition) is 2. The first-order valence-corrected chi connectivity index (χ1v) is 7.32. The van der Waals surface area contributed by atoms with Gasteiger partial charge in [0.1, 0.15) is 11.4 Å². The van der Waals surface area contributed by atoms with Crippen molar-refractivity contribution in [3.05, 3.63) is 41.6 Å². The summed E-state index contributed by atoms with van der Waals surface area (Å²) >= 11 is 0. The second-order valence-corrected chi connectivity index (χ2v) is 5.35. The van der Waals surface area contributed by atoms with Crippen LogP contribution in [0.25, 0.3) is 0 Å². The largest absolute Gasteiger partial charge is 0.497 e. The van der Waals surface area contributed by atoms with Crippen LogP contribution >= 0.6 is 0 Å². The third kappa shape index (κ3) is 4.50. The van der Waals surface area contributed by atoms with E-state index in [9.17, 15) is 18.3 Å². The molecule has 0 amide bonds. The van der Waals surface area contributed by atoms with Crippen molar-refractivity contribution < 1.29 is 27.8 Å². The molecule has 0 bridgehead atoms. The summed E-state index contributed by atoms with van der Waals surface area (Å²) in [5.74, 6) is 0.592. The van der Waals surface area contributed by atoms with Crippen LogP contribution in [-0.2, 0) is 12.1 Å². The third-order valence-electron chi connectivity index (χ3n) is 3.51. The van der Waals surface area contributed by atoms with E-state index in [2.05, 4.69) is 20.3 Å². The van der Waals surface area contributed by atoms with Crippen molar-refractivity contribution in [1.82, 2.24) is 10.2 Å². The SMILES string of the molecule is COc1ccc(CNc2cc(OCF)c(C(C)(O)C(F)F)nn2)cc1. The molecule has 0 saturated heterocycles. The summed E-state index contributed by atoms with van der Waals surface area (Å²) in [6.45, 7) is -0.0362. The molecule has 2 rings (SSSR count). The van der Waals surface area contributed by atoms with Gasteiger partial charge in [0.05, 0.1) is 7.11 Å². The van der Waals surface area contributed by atoms with Crippen LogP contribution in [0.5, 0.6) is 11.5 Å². The zero-order chi connectivity index (χ0) is 18.4. The molecule has 0 aliphatic rings. The first-order valence-electron chi connectivity index (χ1n) is 7.32. The van der Waals surface area contributed by atoms with E-state index in [1.807, 2.05) is 12.1 Å². The zero-order valence-electron chi connectivity index (χ0n) is 13.7. The quantitative estimate of drug-likeness (QED) is 0.757. The summed E-state index contributed by atoms with van der Waals surface area (Å²) in [5, 5.41) is 20.1. The van der Waals surface area contributed by atoms with Gasteiger partial charge in [0.15, 0.2) is 17.2 Å². The Morgan fingerprint density at radius 2 is 1.92 bits per heavy atom. The maximum absolute atomic E-state index is 13.0. The van der Waals surface area contributed by atoms with Crippen LogP contribution in [0.4, 0.5) is 19.0 Å². The Kier molecular flexibility index (Phi) is 6.02. The molecule has 0 spiro atoms. The minimum absolute atomic E-state index is 0.188. The first-order chi connectivity index (χ1) is 11.9. The number of hydrogen-bond acceptors (Lipinski definition) is 6. The van der Waals surface area contributed by atoms with E-state index in [1.54, 1.807) is 19.2 Å². The molecule has 1 unspecified atom stereocenters. The van der Waals surface area contributed by atoms with Crippen molar-refractivity contribution in [3.8, 4) is 11.5 Å². The lowest BCUT2D eigenvalue weighted by molar-refractivity contribution is -0.0932. The molecule has 0 aliphatic carbocycles. The van der Waals surface area contributed by atoms with E-state index in [0.29, 0.717) is 12.3 Å². The van der Waals surface area contributed by atoms with E-state index < -0.39 is 24.6 Å². The summed E-state index contributed by atoms with van der Waals surface area (Å²) in [7, 11) is 1.56. The third-order valence-corrected chi connectivity index (χ3v) is 3.51. The summed E-state index contributed by atoms with van der Waals surface area (Å²) < 4.78 is 48.2. The Balaban J connectivity index is 2.17. The van der Waals surface area contributed by atoms with E-state index in [-0.39, 0.29) is 11.6 Å². The summed E-state index contributed by atoms with van der Waals surface area (Å²) in [5.41, 5.74) is -2.24.